The van der Waals surface area contributed by atoms with Crippen LogP contribution < -0.4 is 0 Å². The molecule has 0 nitrogen and oxygen atoms in total. The summed E-state index contributed by atoms with van der Waals surface area (Å²) >= 11 is 0. The van der Waals surface area contributed by atoms with Crippen LogP contribution in [0.3, 0.4) is 0 Å². The fourth-order valence-electron chi connectivity index (χ4n) is 1.77. The number of unbranched alkanes of at least 4 members (excludes halogenated alkanes) is 4. The second-order valence-corrected chi connectivity index (χ2v) is 4.98. The van der Waals surface area contributed by atoms with Crippen molar-refractivity contribution in [3.8, 4) is 0 Å². The highest BCUT2D eigenvalue weighted by molar-refractivity contribution is 5.13. The standard InChI is InChI=1S/C18H30/c1-5-7-8-9-10-11-12-14-18(4)16-13-15-17(3)6-2/h6,11-12,16H,2-3,5,7-10,13-15H2,1,4H3/b12-11+,18-16-. The molecule has 0 bridgehead atoms. The van der Waals surface area contributed by atoms with E-state index in [9.17, 15) is 0 Å². The van der Waals surface area contributed by atoms with Crippen molar-refractivity contribution in [3.63, 3.8) is 0 Å². The molecular formula is C18H30. The van der Waals surface area contributed by atoms with Crippen LogP contribution in [0.15, 0.2) is 48.6 Å². The average molecular weight is 246 g/mol. The topological polar surface area (TPSA) is 0 Å². The van der Waals surface area contributed by atoms with Crippen LogP contribution in [0.4, 0.5) is 0 Å². The van der Waals surface area contributed by atoms with Gasteiger partial charge in [0.25, 0.3) is 0 Å². The van der Waals surface area contributed by atoms with Crippen LogP contribution >= 0.6 is 0 Å². The summed E-state index contributed by atoms with van der Waals surface area (Å²) in [5.74, 6) is 0. The minimum atomic E-state index is 1.03. The first-order chi connectivity index (χ1) is 8.70. The summed E-state index contributed by atoms with van der Waals surface area (Å²) in [5.41, 5.74) is 2.59. The van der Waals surface area contributed by atoms with Gasteiger partial charge in [0.1, 0.15) is 0 Å². The third kappa shape index (κ3) is 11.4. The quantitative estimate of drug-likeness (QED) is 0.226. The molecule has 0 heteroatoms. The normalized spacial score (nSPS) is 12.0. The Bertz CT molecular complexity index is 278. The van der Waals surface area contributed by atoms with Crippen LogP contribution in [-0.4, -0.2) is 0 Å². The maximum atomic E-state index is 3.92. The molecule has 0 aliphatic heterocycles. The monoisotopic (exact) mass is 246 g/mol. The Labute approximate surface area is 114 Å². The predicted octanol–water partition coefficient (Wildman–Crippen LogP) is 6.37. The van der Waals surface area contributed by atoms with Gasteiger partial charge in [0, 0.05) is 0 Å². The summed E-state index contributed by atoms with van der Waals surface area (Å²) < 4.78 is 0. The van der Waals surface area contributed by atoms with E-state index in [1.807, 2.05) is 6.08 Å². The van der Waals surface area contributed by atoms with Gasteiger partial charge in [-0.25, -0.2) is 0 Å². The minimum absolute atomic E-state index is 1.03. The molecule has 0 amide bonds. The van der Waals surface area contributed by atoms with E-state index in [1.54, 1.807) is 0 Å². The van der Waals surface area contributed by atoms with E-state index in [1.165, 1.54) is 37.7 Å². The molecule has 0 unspecified atom stereocenters. The molecule has 18 heavy (non-hydrogen) atoms. The molecule has 0 aromatic rings. The molecule has 0 saturated carbocycles. The number of rotatable bonds is 11. The predicted molar refractivity (Wildman–Crippen MR) is 84.8 cm³/mol. The van der Waals surface area contributed by atoms with Crippen LogP contribution in [0.2, 0.25) is 0 Å². The Kier molecular flexibility index (Phi) is 11.7. The van der Waals surface area contributed by atoms with Gasteiger partial charge in [-0.3, -0.25) is 0 Å². The summed E-state index contributed by atoms with van der Waals surface area (Å²) in [5, 5.41) is 0. The SMILES string of the molecule is C=CC(=C)CC/C=C(/C)C/C=C/CCCCCC. The summed E-state index contributed by atoms with van der Waals surface area (Å²) in [4.78, 5) is 0. The molecule has 0 radical (unpaired) electrons. The van der Waals surface area contributed by atoms with Crippen LogP contribution in [-0.2, 0) is 0 Å². The van der Waals surface area contributed by atoms with Crippen LogP contribution in [0.1, 0.15) is 65.2 Å². The second kappa shape index (κ2) is 12.4. The molecular weight excluding hydrogens is 216 g/mol. The largest absolute Gasteiger partial charge is 0.0988 e. The first-order valence-electron chi connectivity index (χ1n) is 7.31. The van der Waals surface area contributed by atoms with E-state index in [2.05, 4.69) is 45.2 Å². The van der Waals surface area contributed by atoms with E-state index in [4.69, 9.17) is 0 Å². The zero-order valence-corrected chi connectivity index (χ0v) is 12.4. The molecule has 0 saturated heterocycles. The van der Waals surface area contributed by atoms with Gasteiger partial charge in [0.15, 0.2) is 0 Å². The Hall–Kier alpha value is -1.04. The van der Waals surface area contributed by atoms with E-state index >= 15 is 0 Å². The fourth-order valence-corrected chi connectivity index (χ4v) is 1.77. The smallest absolute Gasteiger partial charge is 0.0142 e. The molecule has 0 aliphatic carbocycles. The van der Waals surface area contributed by atoms with Crippen molar-refractivity contribution in [1.82, 2.24) is 0 Å². The lowest BCUT2D eigenvalue weighted by molar-refractivity contribution is 0.674. The van der Waals surface area contributed by atoms with Gasteiger partial charge in [0.2, 0.25) is 0 Å². The number of hydrogen-bond acceptors (Lipinski definition) is 0. The van der Waals surface area contributed by atoms with Gasteiger partial charge >= 0.3 is 0 Å². The summed E-state index contributed by atoms with van der Waals surface area (Å²) in [6.07, 6.45) is 18.6. The Morgan fingerprint density at radius 1 is 1.06 bits per heavy atom. The molecule has 0 aromatic carbocycles. The minimum Gasteiger partial charge on any atom is -0.0988 e. The molecule has 0 fully saturated rings. The molecule has 0 rings (SSSR count). The van der Waals surface area contributed by atoms with Gasteiger partial charge in [-0.2, -0.15) is 0 Å². The molecule has 0 aromatic heterocycles. The molecule has 0 atom stereocenters. The van der Waals surface area contributed by atoms with Crippen molar-refractivity contribution < 1.29 is 0 Å². The summed E-state index contributed by atoms with van der Waals surface area (Å²) in [7, 11) is 0. The zero-order valence-electron chi connectivity index (χ0n) is 12.4. The lowest BCUT2D eigenvalue weighted by atomic mass is 10.1. The van der Waals surface area contributed by atoms with Gasteiger partial charge in [-0.05, 0) is 39.0 Å². The van der Waals surface area contributed by atoms with E-state index < -0.39 is 0 Å². The Balaban J connectivity index is 3.58. The highest BCUT2D eigenvalue weighted by Crippen LogP contribution is 2.09. The lowest BCUT2D eigenvalue weighted by Gasteiger charge is -1.98. The fraction of sp³-hybridized carbons (Fsp3) is 0.556. The first kappa shape index (κ1) is 17.0. The van der Waals surface area contributed by atoms with Crippen molar-refractivity contribution in [1.29, 1.82) is 0 Å². The average Bonchev–Trinajstić information content (AvgIpc) is 2.37. The van der Waals surface area contributed by atoms with Crippen molar-refractivity contribution >= 4 is 0 Å². The molecule has 102 valence electrons. The van der Waals surface area contributed by atoms with Gasteiger partial charge in [-0.1, -0.05) is 74.8 Å². The summed E-state index contributed by atoms with van der Waals surface area (Å²) in [6, 6.07) is 0. The lowest BCUT2D eigenvalue weighted by Crippen LogP contribution is -1.78. The van der Waals surface area contributed by atoms with Gasteiger partial charge < -0.3 is 0 Å². The number of hydrogen-bond donors (Lipinski definition) is 0. The van der Waals surface area contributed by atoms with Gasteiger partial charge in [-0.15, -0.1) is 0 Å². The van der Waals surface area contributed by atoms with Gasteiger partial charge in [0.05, 0.1) is 0 Å². The highest BCUT2D eigenvalue weighted by Gasteiger charge is 1.89. The van der Waals surface area contributed by atoms with Crippen LogP contribution in [0.25, 0.3) is 0 Å². The molecule has 0 N–H and O–H groups in total. The van der Waals surface area contributed by atoms with Crippen LogP contribution in [0.5, 0.6) is 0 Å². The van der Waals surface area contributed by atoms with Crippen molar-refractivity contribution in [2.24, 2.45) is 0 Å². The third-order valence-corrected chi connectivity index (χ3v) is 3.08. The molecule has 0 heterocycles. The summed E-state index contributed by atoms with van der Waals surface area (Å²) in [6.45, 7) is 12.1. The van der Waals surface area contributed by atoms with Crippen molar-refractivity contribution in [2.45, 2.75) is 65.2 Å². The Morgan fingerprint density at radius 3 is 2.50 bits per heavy atom. The Morgan fingerprint density at radius 2 is 1.83 bits per heavy atom. The van der Waals surface area contributed by atoms with Crippen molar-refractivity contribution in [2.75, 3.05) is 0 Å². The van der Waals surface area contributed by atoms with E-state index in [0.29, 0.717) is 0 Å². The zero-order chi connectivity index (χ0) is 13.6. The first-order valence-corrected chi connectivity index (χ1v) is 7.31. The maximum absolute atomic E-state index is 3.92. The number of allylic oxidation sites excluding steroid dienone is 6. The van der Waals surface area contributed by atoms with Crippen molar-refractivity contribution in [3.05, 3.63) is 48.6 Å². The molecule has 0 aliphatic rings. The van der Waals surface area contributed by atoms with E-state index in [-0.39, 0.29) is 0 Å². The second-order valence-electron chi connectivity index (χ2n) is 4.98. The highest BCUT2D eigenvalue weighted by atomic mass is 14.0. The third-order valence-electron chi connectivity index (χ3n) is 3.08. The van der Waals surface area contributed by atoms with Crippen LogP contribution in [0, 0.1) is 0 Å². The maximum Gasteiger partial charge on any atom is -0.0142 e. The molecule has 0 spiro atoms. The van der Waals surface area contributed by atoms with E-state index in [0.717, 1.165) is 24.8 Å².